The highest BCUT2D eigenvalue weighted by Gasteiger charge is 2.36. The molecule has 1 aromatic heterocycles. The highest BCUT2D eigenvalue weighted by molar-refractivity contribution is 5.92. The predicted molar refractivity (Wildman–Crippen MR) is 84.5 cm³/mol. The largest absolute Gasteiger partial charge is 0.456 e. The molecule has 1 aromatic carbocycles. The number of rotatable bonds is 2. The number of hydrogen-bond donors (Lipinski definition) is 1. The predicted octanol–water partition coefficient (Wildman–Crippen LogP) is 2.58. The zero-order chi connectivity index (χ0) is 18.4. The van der Waals surface area contributed by atoms with Crippen molar-refractivity contribution in [1.29, 1.82) is 0 Å². The minimum Gasteiger partial charge on any atom is -0.456 e. The molecule has 7 nitrogen and oxygen atoms in total. The number of aromatic nitrogens is 4. The van der Waals surface area contributed by atoms with Crippen molar-refractivity contribution in [1.82, 2.24) is 20.2 Å². The molecule has 0 amide bonds. The quantitative estimate of drug-likeness (QED) is 0.839. The zero-order valence-electron chi connectivity index (χ0n) is 14.2. The average molecular weight is 349 g/mol. The number of carbonyl (C=O) groups is 1. The molecule has 0 radical (unpaired) electrons. The number of fused-ring (bicyclic) bond motifs is 1. The van der Waals surface area contributed by atoms with Crippen LogP contribution in [0.15, 0.2) is 29.5 Å². The van der Waals surface area contributed by atoms with E-state index in [-0.39, 0.29) is 5.57 Å². The molecule has 1 atom stereocenters. The van der Waals surface area contributed by atoms with Gasteiger partial charge in [0, 0.05) is 5.70 Å². The summed E-state index contributed by atoms with van der Waals surface area (Å²) in [4.78, 5) is 12.7. The molecule has 0 spiro atoms. The summed E-state index contributed by atoms with van der Waals surface area (Å²) < 4.78 is 33.9. The van der Waals surface area contributed by atoms with Gasteiger partial charge in [-0.25, -0.2) is 13.6 Å². The number of nitrogens with zero attached hydrogens (tertiary/aromatic N) is 4. The van der Waals surface area contributed by atoms with Gasteiger partial charge in [-0.15, -0.1) is 0 Å². The number of anilines is 1. The number of hydrogen-bond acceptors (Lipinski definition) is 6. The molecule has 0 fully saturated rings. The van der Waals surface area contributed by atoms with E-state index in [2.05, 4.69) is 20.8 Å². The first-order chi connectivity index (χ1) is 11.7. The zero-order valence-corrected chi connectivity index (χ0v) is 14.2. The second-order valence-corrected chi connectivity index (χ2v) is 6.69. The Morgan fingerprint density at radius 1 is 1.28 bits per heavy atom. The van der Waals surface area contributed by atoms with Gasteiger partial charge in [-0.3, -0.25) is 0 Å². The summed E-state index contributed by atoms with van der Waals surface area (Å²) in [5.41, 5.74) is 0.310. The van der Waals surface area contributed by atoms with Gasteiger partial charge in [0.1, 0.15) is 11.6 Å². The van der Waals surface area contributed by atoms with E-state index in [0.29, 0.717) is 17.2 Å². The number of benzene rings is 1. The molecule has 1 N–H and O–H groups in total. The van der Waals surface area contributed by atoms with Crippen molar-refractivity contribution in [3.05, 3.63) is 46.7 Å². The summed E-state index contributed by atoms with van der Waals surface area (Å²) in [6.45, 7) is 6.90. The SMILES string of the molecule is CC1=C(C(=O)OC(C)(C)C)[C@@H](c2ccc(F)c(F)c2)n2nnnc2N1. The molecule has 2 aromatic rings. The Morgan fingerprint density at radius 3 is 2.64 bits per heavy atom. The van der Waals surface area contributed by atoms with Crippen molar-refractivity contribution in [3.8, 4) is 0 Å². The van der Waals surface area contributed by atoms with Crippen molar-refractivity contribution in [2.45, 2.75) is 39.3 Å². The Balaban J connectivity index is 2.13. The normalized spacial score (nSPS) is 17.1. The van der Waals surface area contributed by atoms with E-state index < -0.39 is 29.2 Å². The van der Waals surface area contributed by atoms with Crippen LogP contribution in [0.25, 0.3) is 0 Å². The highest BCUT2D eigenvalue weighted by atomic mass is 19.2. The monoisotopic (exact) mass is 349 g/mol. The minimum atomic E-state index is -1.02. The van der Waals surface area contributed by atoms with Crippen molar-refractivity contribution >= 4 is 11.9 Å². The van der Waals surface area contributed by atoms with E-state index in [1.807, 2.05) is 0 Å². The van der Waals surface area contributed by atoms with Crippen LogP contribution in [0.2, 0.25) is 0 Å². The summed E-state index contributed by atoms with van der Waals surface area (Å²) in [5.74, 6) is -2.30. The van der Waals surface area contributed by atoms with Crippen LogP contribution in [0.3, 0.4) is 0 Å². The molecule has 1 aliphatic heterocycles. The van der Waals surface area contributed by atoms with Crippen LogP contribution in [-0.2, 0) is 9.53 Å². The molecule has 0 aliphatic carbocycles. The molecular formula is C16H17F2N5O2. The number of allylic oxidation sites excluding steroid dienone is 1. The van der Waals surface area contributed by atoms with Crippen LogP contribution in [-0.4, -0.2) is 31.8 Å². The third-order valence-corrected chi connectivity index (χ3v) is 3.59. The molecule has 0 saturated carbocycles. The lowest BCUT2D eigenvalue weighted by Crippen LogP contribution is -2.33. The summed E-state index contributed by atoms with van der Waals surface area (Å²) in [7, 11) is 0. The number of ether oxygens (including phenoxy) is 1. The second kappa shape index (κ2) is 5.91. The molecule has 0 bridgehead atoms. The molecule has 132 valence electrons. The van der Waals surface area contributed by atoms with Gasteiger partial charge in [-0.2, -0.15) is 4.68 Å². The van der Waals surface area contributed by atoms with Crippen LogP contribution >= 0.6 is 0 Å². The van der Waals surface area contributed by atoms with Crippen LogP contribution in [0, 0.1) is 11.6 Å². The van der Waals surface area contributed by atoms with E-state index in [1.54, 1.807) is 27.7 Å². The standard InChI is InChI=1S/C16H17F2N5O2/c1-8-12(14(24)25-16(2,3)4)13(23-15(19-8)20-21-22-23)9-5-6-10(17)11(18)7-9/h5-7,13H,1-4H3,(H,19,20,22)/t13-/m1/s1. The average Bonchev–Trinajstić information content (AvgIpc) is 2.94. The molecule has 0 saturated heterocycles. The first-order valence-electron chi connectivity index (χ1n) is 7.61. The van der Waals surface area contributed by atoms with E-state index >= 15 is 0 Å². The molecule has 0 unspecified atom stereocenters. The summed E-state index contributed by atoms with van der Waals surface area (Å²) in [6.07, 6.45) is 0. The van der Waals surface area contributed by atoms with Crippen molar-refractivity contribution < 1.29 is 18.3 Å². The van der Waals surface area contributed by atoms with Gasteiger partial charge in [0.15, 0.2) is 11.6 Å². The fraction of sp³-hybridized carbons (Fsp3) is 0.375. The lowest BCUT2D eigenvalue weighted by Gasteiger charge is -2.29. The summed E-state index contributed by atoms with van der Waals surface area (Å²) >= 11 is 0. The first kappa shape index (κ1) is 17.0. The molecular weight excluding hydrogens is 332 g/mol. The van der Waals surface area contributed by atoms with E-state index in [4.69, 9.17) is 4.74 Å². The fourth-order valence-corrected chi connectivity index (χ4v) is 2.60. The number of halogens is 2. The fourth-order valence-electron chi connectivity index (χ4n) is 2.60. The Morgan fingerprint density at radius 2 is 2.00 bits per heavy atom. The van der Waals surface area contributed by atoms with Crippen LogP contribution in [0.5, 0.6) is 0 Å². The minimum absolute atomic E-state index is 0.223. The molecule has 3 rings (SSSR count). The number of carbonyl (C=O) groups excluding carboxylic acids is 1. The lowest BCUT2D eigenvalue weighted by atomic mass is 9.95. The maximum Gasteiger partial charge on any atom is 0.338 e. The lowest BCUT2D eigenvalue weighted by molar-refractivity contribution is -0.150. The first-order valence-corrected chi connectivity index (χ1v) is 7.61. The maximum absolute atomic E-state index is 13.7. The maximum atomic E-state index is 13.7. The Bertz CT molecular complexity index is 870. The van der Waals surface area contributed by atoms with Gasteiger partial charge in [0.05, 0.1) is 5.57 Å². The van der Waals surface area contributed by atoms with Gasteiger partial charge in [0.25, 0.3) is 0 Å². The Hall–Kier alpha value is -2.84. The van der Waals surface area contributed by atoms with Gasteiger partial charge in [-0.05, 0) is 55.8 Å². The molecule has 2 heterocycles. The van der Waals surface area contributed by atoms with Crippen molar-refractivity contribution in [2.75, 3.05) is 5.32 Å². The van der Waals surface area contributed by atoms with Crippen molar-refractivity contribution in [2.24, 2.45) is 0 Å². The second-order valence-electron chi connectivity index (χ2n) is 6.69. The third kappa shape index (κ3) is 3.21. The topological polar surface area (TPSA) is 81.9 Å². The Kier molecular flexibility index (Phi) is 4.02. The Labute approximate surface area is 142 Å². The van der Waals surface area contributed by atoms with E-state index in [1.165, 1.54) is 10.7 Å². The van der Waals surface area contributed by atoms with Crippen LogP contribution < -0.4 is 5.32 Å². The van der Waals surface area contributed by atoms with E-state index in [0.717, 1.165) is 12.1 Å². The number of esters is 1. The summed E-state index contributed by atoms with van der Waals surface area (Å²) in [5, 5.41) is 14.2. The highest BCUT2D eigenvalue weighted by Crippen LogP contribution is 2.35. The number of nitrogens with one attached hydrogen (secondary N) is 1. The van der Waals surface area contributed by atoms with Gasteiger partial charge in [0.2, 0.25) is 5.95 Å². The van der Waals surface area contributed by atoms with Crippen LogP contribution in [0.1, 0.15) is 39.3 Å². The molecule has 1 aliphatic rings. The van der Waals surface area contributed by atoms with Crippen LogP contribution in [0.4, 0.5) is 14.7 Å². The smallest absolute Gasteiger partial charge is 0.338 e. The van der Waals surface area contributed by atoms with Gasteiger partial charge >= 0.3 is 5.97 Å². The summed E-state index contributed by atoms with van der Waals surface area (Å²) in [6, 6.07) is 2.57. The van der Waals surface area contributed by atoms with E-state index in [9.17, 15) is 13.6 Å². The van der Waals surface area contributed by atoms with Crippen molar-refractivity contribution in [3.63, 3.8) is 0 Å². The molecule has 25 heavy (non-hydrogen) atoms. The third-order valence-electron chi connectivity index (χ3n) is 3.59. The molecule has 9 heteroatoms. The van der Waals surface area contributed by atoms with Gasteiger partial charge < -0.3 is 10.1 Å². The number of tetrazole rings is 1. The van der Waals surface area contributed by atoms with Gasteiger partial charge in [-0.1, -0.05) is 11.2 Å².